The van der Waals surface area contributed by atoms with Crippen LogP contribution >= 0.6 is 0 Å². The molecule has 20 heavy (non-hydrogen) atoms. The lowest BCUT2D eigenvalue weighted by atomic mass is 9.75. The Labute approximate surface area is 123 Å². The van der Waals surface area contributed by atoms with Gasteiger partial charge in [0.05, 0.1) is 12.7 Å². The largest absolute Gasteiger partial charge is 0.480 e. The van der Waals surface area contributed by atoms with Crippen LogP contribution in [0.1, 0.15) is 53.9 Å². The molecule has 1 saturated carbocycles. The molecule has 4 nitrogen and oxygen atoms in total. The van der Waals surface area contributed by atoms with E-state index in [1.54, 1.807) is 6.92 Å². The minimum atomic E-state index is -0.989. The molecule has 1 rings (SSSR count). The first kappa shape index (κ1) is 17.4. The van der Waals surface area contributed by atoms with E-state index in [2.05, 4.69) is 26.1 Å². The van der Waals surface area contributed by atoms with Crippen molar-refractivity contribution in [1.29, 1.82) is 0 Å². The van der Waals surface area contributed by atoms with Gasteiger partial charge in [0.2, 0.25) is 0 Å². The summed E-state index contributed by atoms with van der Waals surface area (Å²) in [5.74, 6) is 0.961. The predicted molar refractivity (Wildman–Crippen MR) is 80.8 cm³/mol. The molecule has 0 heterocycles. The maximum atomic E-state index is 11.4. The fraction of sp³-hybridized carbons (Fsp3) is 0.938. The number of hydrogen-bond acceptors (Lipinski definition) is 3. The van der Waals surface area contributed by atoms with Crippen molar-refractivity contribution in [2.45, 2.75) is 65.5 Å². The molecule has 4 heteroatoms. The van der Waals surface area contributed by atoms with E-state index in [1.807, 2.05) is 6.92 Å². The third-order valence-electron chi connectivity index (χ3n) is 4.59. The predicted octanol–water partition coefficient (Wildman–Crippen LogP) is 2.92. The Morgan fingerprint density at radius 2 is 2.10 bits per heavy atom. The SMILES string of the molecule is CCNC(C)(COC1CC(C)CCC1C(C)C)C(=O)O. The fourth-order valence-electron chi connectivity index (χ4n) is 3.16. The average Bonchev–Trinajstić information content (AvgIpc) is 2.36. The van der Waals surface area contributed by atoms with Crippen molar-refractivity contribution in [2.24, 2.45) is 17.8 Å². The van der Waals surface area contributed by atoms with E-state index in [1.165, 1.54) is 12.8 Å². The maximum Gasteiger partial charge on any atom is 0.326 e. The van der Waals surface area contributed by atoms with E-state index in [0.29, 0.717) is 24.3 Å². The van der Waals surface area contributed by atoms with Crippen LogP contribution in [0.3, 0.4) is 0 Å². The molecule has 4 atom stereocenters. The van der Waals surface area contributed by atoms with Crippen LogP contribution in [0.5, 0.6) is 0 Å². The molecule has 0 aromatic carbocycles. The van der Waals surface area contributed by atoms with Gasteiger partial charge in [-0.3, -0.25) is 4.79 Å². The third-order valence-corrected chi connectivity index (χ3v) is 4.59. The van der Waals surface area contributed by atoms with Crippen molar-refractivity contribution in [2.75, 3.05) is 13.2 Å². The monoisotopic (exact) mass is 285 g/mol. The molecule has 0 saturated heterocycles. The van der Waals surface area contributed by atoms with E-state index < -0.39 is 11.5 Å². The standard InChI is InChI=1S/C16H31NO3/c1-6-17-16(5,15(18)19)10-20-14-9-12(4)7-8-13(14)11(2)3/h11-14,17H,6-10H2,1-5H3,(H,18,19). The lowest BCUT2D eigenvalue weighted by molar-refractivity contribution is -0.149. The van der Waals surface area contributed by atoms with E-state index in [4.69, 9.17) is 4.74 Å². The Bertz CT molecular complexity index is 319. The smallest absolute Gasteiger partial charge is 0.326 e. The highest BCUT2D eigenvalue weighted by Gasteiger charge is 2.37. The van der Waals surface area contributed by atoms with Crippen LogP contribution in [0.2, 0.25) is 0 Å². The topological polar surface area (TPSA) is 58.6 Å². The maximum absolute atomic E-state index is 11.4. The zero-order valence-electron chi connectivity index (χ0n) is 13.6. The number of carboxylic acid groups (broad SMARTS) is 1. The summed E-state index contributed by atoms with van der Waals surface area (Å²) >= 11 is 0. The van der Waals surface area contributed by atoms with Gasteiger partial charge >= 0.3 is 5.97 Å². The number of likely N-dealkylation sites (N-methyl/N-ethyl adjacent to an activating group) is 1. The van der Waals surface area contributed by atoms with Crippen molar-refractivity contribution in [3.05, 3.63) is 0 Å². The van der Waals surface area contributed by atoms with Crippen LogP contribution in [0, 0.1) is 17.8 Å². The van der Waals surface area contributed by atoms with E-state index in [9.17, 15) is 9.90 Å². The molecule has 0 radical (unpaired) electrons. The normalized spacial score (nSPS) is 30.2. The Morgan fingerprint density at radius 1 is 1.45 bits per heavy atom. The van der Waals surface area contributed by atoms with E-state index in [0.717, 1.165) is 6.42 Å². The molecule has 4 unspecified atom stereocenters. The first-order valence-corrected chi connectivity index (χ1v) is 7.90. The average molecular weight is 285 g/mol. The zero-order chi connectivity index (χ0) is 15.3. The van der Waals surface area contributed by atoms with Crippen molar-refractivity contribution >= 4 is 5.97 Å². The molecule has 118 valence electrons. The Kier molecular flexibility index (Phi) is 6.46. The van der Waals surface area contributed by atoms with Crippen molar-refractivity contribution in [3.63, 3.8) is 0 Å². The molecule has 1 fully saturated rings. The second-order valence-corrected chi connectivity index (χ2v) is 6.84. The number of carbonyl (C=O) groups is 1. The van der Waals surface area contributed by atoms with Crippen molar-refractivity contribution < 1.29 is 14.6 Å². The molecular formula is C16H31NO3. The van der Waals surface area contributed by atoms with Crippen LogP contribution in [0.4, 0.5) is 0 Å². The molecule has 0 amide bonds. The van der Waals surface area contributed by atoms with E-state index >= 15 is 0 Å². The molecule has 0 aliphatic heterocycles. The number of hydrogen-bond donors (Lipinski definition) is 2. The van der Waals surface area contributed by atoms with Gasteiger partial charge < -0.3 is 15.2 Å². The van der Waals surface area contributed by atoms with Crippen LogP contribution in [-0.2, 0) is 9.53 Å². The van der Waals surface area contributed by atoms with E-state index in [-0.39, 0.29) is 12.7 Å². The first-order chi connectivity index (χ1) is 9.30. The van der Waals surface area contributed by atoms with Crippen molar-refractivity contribution in [1.82, 2.24) is 5.32 Å². The number of carboxylic acids is 1. The number of rotatable bonds is 7. The molecule has 1 aliphatic rings. The second kappa shape index (κ2) is 7.41. The summed E-state index contributed by atoms with van der Waals surface area (Å²) in [6.07, 6.45) is 3.68. The lowest BCUT2D eigenvalue weighted by Crippen LogP contribution is -2.54. The fourth-order valence-corrected chi connectivity index (χ4v) is 3.16. The van der Waals surface area contributed by atoms with Crippen LogP contribution in [0.15, 0.2) is 0 Å². The number of nitrogens with one attached hydrogen (secondary N) is 1. The Hall–Kier alpha value is -0.610. The summed E-state index contributed by atoms with van der Waals surface area (Å²) < 4.78 is 6.06. The van der Waals surface area contributed by atoms with Crippen LogP contribution < -0.4 is 5.32 Å². The van der Waals surface area contributed by atoms with Crippen molar-refractivity contribution in [3.8, 4) is 0 Å². The molecule has 2 N–H and O–H groups in total. The minimum Gasteiger partial charge on any atom is -0.480 e. The summed E-state index contributed by atoms with van der Waals surface area (Å²) in [5, 5.41) is 12.4. The quantitative estimate of drug-likeness (QED) is 0.755. The highest BCUT2D eigenvalue weighted by atomic mass is 16.5. The van der Waals surface area contributed by atoms with Gasteiger partial charge in [-0.15, -0.1) is 0 Å². The number of ether oxygens (including phenoxy) is 1. The van der Waals surface area contributed by atoms with Gasteiger partial charge in [0.15, 0.2) is 0 Å². The van der Waals surface area contributed by atoms with Gasteiger partial charge in [0.25, 0.3) is 0 Å². The third kappa shape index (κ3) is 4.45. The minimum absolute atomic E-state index is 0.191. The van der Waals surface area contributed by atoms with Gasteiger partial charge in [0, 0.05) is 0 Å². The Morgan fingerprint density at radius 3 is 2.60 bits per heavy atom. The van der Waals surface area contributed by atoms with Gasteiger partial charge in [-0.1, -0.05) is 34.1 Å². The van der Waals surface area contributed by atoms with Gasteiger partial charge in [-0.2, -0.15) is 0 Å². The second-order valence-electron chi connectivity index (χ2n) is 6.84. The summed E-state index contributed by atoms with van der Waals surface area (Å²) in [6, 6.07) is 0. The van der Waals surface area contributed by atoms with Crippen LogP contribution in [0.25, 0.3) is 0 Å². The first-order valence-electron chi connectivity index (χ1n) is 7.90. The van der Waals surface area contributed by atoms with Gasteiger partial charge in [0.1, 0.15) is 5.54 Å². The zero-order valence-corrected chi connectivity index (χ0v) is 13.6. The summed E-state index contributed by atoms with van der Waals surface area (Å²) in [4.78, 5) is 11.4. The highest BCUT2D eigenvalue weighted by molar-refractivity contribution is 5.78. The molecule has 1 aliphatic carbocycles. The van der Waals surface area contributed by atoms with Crippen LogP contribution in [-0.4, -0.2) is 35.9 Å². The lowest BCUT2D eigenvalue weighted by Gasteiger charge is -2.39. The summed E-state index contributed by atoms with van der Waals surface area (Å²) in [7, 11) is 0. The molecule has 0 spiro atoms. The van der Waals surface area contributed by atoms with Gasteiger partial charge in [-0.05, 0) is 44.1 Å². The number of aliphatic carboxylic acids is 1. The molecule has 0 bridgehead atoms. The molecular weight excluding hydrogens is 254 g/mol. The summed E-state index contributed by atoms with van der Waals surface area (Å²) in [6.45, 7) is 11.2. The van der Waals surface area contributed by atoms with Gasteiger partial charge in [-0.25, -0.2) is 0 Å². The Balaban J connectivity index is 2.66. The molecule has 0 aromatic rings. The molecule has 0 aromatic heterocycles. The summed E-state index contributed by atoms with van der Waals surface area (Å²) in [5.41, 5.74) is -0.989. The highest BCUT2D eigenvalue weighted by Crippen LogP contribution is 2.35.